The molecule has 0 aromatic carbocycles. The first-order valence-corrected chi connectivity index (χ1v) is 11.2. The van der Waals surface area contributed by atoms with Gasteiger partial charge in [-0.1, -0.05) is 6.07 Å². The van der Waals surface area contributed by atoms with E-state index in [4.69, 9.17) is 4.74 Å². The van der Waals surface area contributed by atoms with Crippen molar-refractivity contribution < 1.29 is 22.7 Å². The Balaban J connectivity index is 1.26. The zero-order valence-electron chi connectivity index (χ0n) is 18.3. The minimum absolute atomic E-state index is 0.0511. The Hall–Kier alpha value is -3.49. The lowest BCUT2D eigenvalue weighted by atomic mass is 9.73. The molecule has 174 valence electrons. The number of hydrogen-bond donors (Lipinski definition) is 0. The summed E-state index contributed by atoms with van der Waals surface area (Å²) in [6.45, 7) is 2.57. The van der Waals surface area contributed by atoms with Crippen LogP contribution in [0.1, 0.15) is 34.3 Å². The van der Waals surface area contributed by atoms with Crippen molar-refractivity contribution in [3.05, 3.63) is 71.7 Å². The molecule has 3 aromatic rings. The Morgan fingerprint density at radius 3 is 2.53 bits per heavy atom. The van der Waals surface area contributed by atoms with E-state index in [1.54, 1.807) is 24.5 Å². The molecule has 3 fully saturated rings. The first kappa shape index (κ1) is 21.1. The summed E-state index contributed by atoms with van der Waals surface area (Å²) in [7, 11) is 0. The molecule has 6 nitrogen and oxygen atoms in total. The first-order chi connectivity index (χ1) is 16.3. The van der Waals surface area contributed by atoms with Gasteiger partial charge >= 0.3 is 6.18 Å². The van der Waals surface area contributed by atoms with Crippen molar-refractivity contribution in [2.45, 2.75) is 38.1 Å². The molecule has 1 amide bonds. The van der Waals surface area contributed by atoms with Gasteiger partial charge < -0.3 is 9.64 Å². The minimum atomic E-state index is -4.45. The van der Waals surface area contributed by atoms with E-state index in [9.17, 15) is 18.0 Å². The van der Waals surface area contributed by atoms with Crippen LogP contribution in [-0.2, 0) is 6.18 Å². The number of amides is 1. The molecule has 34 heavy (non-hydrogen) atoms. The molecule has 2 saturated carbocycles. The van der Waals surface area contributed by atoms with E-state index in [0.29, 0.717) is 29.4 Å². The van der Waals surface area contributed by atoms with Crippen LogP contribution in [0.5, 0.6) is 5.88 Å². The molecule has 6 rings (SSSR count). The Morgan fingerprint density at radius 1 is 1.06 bits per heavy atom. The lowest BCUT2D eigenvalue weighted by Crippen LogP contribution is -2.59. The topological polar surface area (TPSA) is 68.2 Å². The van der Waals surface area contributed by atoms with Crippen molar-refractivity contribution in [3.8, 4) is 17.3 Å². The fraction of sp³-hybridized carbons (Fsp3) is 0.360. The number of rotatable bonds is 4. The van der Waals surface area contributed by atoms with Crippen molar-refractivity contribution in [1.29, 1.82) is 0 Å². The highest BCUT2D eigenvalue weighted by molar-refractivity contribution is 6.00. The summed E-state index contributed by atoms with van der Waals surface area (Å²) in [4.78, 5) is 28.3. The smallest absolute Gasteiger partial charge is 0.417 e. The van der Waals surface area contributed by atoms with Crippen molar-refractivity contribution >= 4 is 5.91 Å². The molecular formula is C25H21F3N4O2. The van der Waals surface area contributed by atoms with Crippen molar-refractivity contribution in [3.63, 3.8) is 0 Å². The zero-order chi connectivity index (χ0) is 23.7. The van der Waals surface area contributed by atoms with Crippen molar-refractivity contribution in [1.82, 2.24) is 19.9 Å². The first-order valence-electron chi connectivity index (χ1n) is 11.2. The van der Waals surface area contributed by atoms with Gasteiger partial charge in [0.15, 0.2) is 0 Å². The van der Waals surface area contributed by atoms with E-state index in [2.05, 4.69) is 15.0 Å². The number of ether oxygens (including phenoxy) is 1. The number of carbonyl (C=O) groups is 1. The number of pyridine rings is 3. The van der Waals surface area contributed by atoms with E-state index in [-0.39, 0.29) is 29.3 Å². The molecule has 3 aromatic heterocycles. The second kappa shape index (κ2) is 7.25. The lowest BCUT2D eigenvalue weighted by molar-refractivity contribution is -0.137. The van der Waals surface area contributed by atoms with Gasteiger partial charge in [-0.05, 0) is 55.5 Å². The largest absolute Gasteiger partial charge is 0.472 e. The molecule has 9 heteroatoms. The van der Waals surface area contributed by atoms with Gasteiger partial charge in [0, 0.05) is 36.6 Å². The number of hydrogen-bond acceptors (Lipinski definition) is 5. The third-order valence-corrected chi connectivity index (χ3v) is 7.42. The Bertz CT molecular complexity index is 1280. The molecule has 1 aliphatic heterocycles. The quantitative estimate of drug-likeness (QED) is 0.565. The predicted molar refractivity (Wildman–Crippen MR) is 116 cm³/mol. The summed E-state index contributed by atoms with van der Waals surface area (Å²) in [5.74, 6) is 0.438. The van der Waals surface area contributed by atoms with E-state index in [1.165, 1.54) is 6.07 Å². The summed E-state index contributed by atoms with van der Waals surface area (Å²) in [6, 6.07) is 9.34. The Morgan fingerprint density at radius 2 is 1.82 bits per heavy atom. The highest BCUT2D eigenvalue weighted by Crippen LogP contribution is 2.71. The summed E-state index contributed by atoms with van der Waals surface area (Å²) in [5.41, 5.74) is 1.85. The number of carbonyl (C=O) groups excluding carboxylic acids is 1. The molecule has 0 N–H and O–H groups in total. The number of piperidine rings is 1. The number of nitrogens with zero attached hydrogens (tertiary/aromatic N) is 4. The van der Waals surface area contributed by atoms with Crippen LogP contribution in [0.4, 0.5) is 13.2 Å². The SMILES string of the molecule is Cc1cccnc1-c1ncccc1C(=O)N1CC2CC23CC(Oc2ccc(C(F)(F)F)cn2)C13. The van der Waals surface area contributed by atoms with Crippen LogP contribution >= 0.6 is 0 Å². The predicted octanol–water partition coefficient (Wildman–Crippen LogP) is 4.55. The van der Waals surface area contributed by atoms with Gasteiger partial charge in [-0.25, -0.2) is 4.98 Å². The summed E-state index contributed by atoms with van der Waals surface area (Å²) in [5, 5.41) is 0. The maximum absolute atomic E-state index is 13.7. The molecule has 1 saturated heterocycles. The molecule has 0 bridgehead atoms. The van der Waals surface area contributed by atoms with Gasteiger partial charge in [0.2, 0.25) is 5.88 Å². The van der Waals surface area contributed by atoms with E-state index in [1.807, 2.05) is 24.0 Å². The van der Waals surface area contributed by atoms with E-state index < -0.39 is 11.7 Å². The lowest BCUT2D eigenvalue weighted by Gasteiger charge is -2.47. The number of likely N-dealkylation sites (tertiary alicyclic amines) is 1. The van der Waals surface area contributed by atoms with Gasteiger partial charge in [-0.2, -0.15) is 13.2 Å². The normalized spacial score (nSPS) is 26.9. The van der Waals surface area contributed by atoms with Gasteiger partial charge in [0.25, 0.3) is 5.91 Å². The van der Waals surface area contributed by atoms with Crippen molar-refractivity contribution in [2.24, 2.45) is 11.3 Å². The fourth-order valence-corrected chi connectivity index (χ4v) is 5.68. The molecule has 4 atom stereocenters. The average molecular weight is 466 g/mol. The monoisotopic (exact) mass is 466 g/mol. The van der Waals surface area contributed by atoms with E-state index >= 15 is 0 Å². The second-order valence-electron chi connectivity index (χ2n) is 9.35. The molecule has 4 heterocycles. The van der Waals surface area contributed by atoms with Crippen LogP contribution in [0.15, 0.2) is 55.0 Å². The standard InChI is InChI=1S/C25H21F3N4O2/c1-14-4-2-8-29-20(14)21-17(5-3-9-30-21)23(33)32-13-16-10-24(16)11-18(22(24)32)34-19-7-6-15(12-31-19)25(26,27)28/h2-9,12,16,18,22H,10-11,13H2,1H3. The van der Waals surface area contributed by atoms with Crippen LogP contribution in [0.25, 0.3) is 11.4 Å². The van der Waals surface area contributed by atoms with Crippen LogP contribution in [0.2, 0.25) is 0 Å². The third-order valence-electron chi connectivity index (χ3n) is 7.42. The highest BCUT2D eigenvalue weighted by Gasteiger charge is 2.76. The minimum Gasteiger partial charge on any atom is -0.472 e. The molecule has 4 unspecified atom stereocenters. The molecule has 2 aliphatic carbocycles. The summed E-state index contributed by atoms with van der Waals surface area (Å²) in [6.07, 6.45) is 1.16. The zero-order valence-corrected chi connectivity index (χ0v) is 18.3. The maximum Gasteiger partial charge on any atom is 0.417 e. The van der Waals surface area contributed by atoms with Crippen LogP contribution < -0.4 is 4.74 Å². The Kier molecular flexibility index (Phi) is 4.49. The van der Waals surface area contributed by atoms with E-state index in [0.717, 1.165) is 30.7 Å². The average Bonchev–Trinajstić information content (AvgIpc) is 3.47. The molecular weight excluding hydrogens is 445 g/mol. The molecule has 0 radical (unpaired) electrons. The van der Waals surface area contributed by atoms with Gasteiger partial charge in [-0.15, -0.1) is 0 Å². The van der Waals surface area contributed by atoms with Crippen LogP contribution in [-0.4, -0.2) is 44.4 Å². The molecule has 1 spiro atoms. The second-order valence-corrected chi connectivity index (χ2v) is 9.35. The number of halogens is 3. The third kappa shape index (κ3) is 3.17. The van der Waals surface area contributed by atoms with Crippen molar-refractivity contribution in [2.75, 3.05) is 6.54 Å². The summed E-state index contributed by atoms with van der Waals surface area (Å²) >= 11 is 0. The fourth-order valence-electron chi connectivity index (χ4n) is 5.68. The van der Waals surface area contributed by atoms with Gasteiger partial charge in [0.1, 0.15) is 11.8 Å². The van der Waals surface area contributed by atoms with Crippen LogP contribution in [0, 0.1) is 18.3 Å². The van der Waals surface area contributed by atoms with Gasteiger partial charge in [0.05, 0.1) is 22.9 Å². The number of aryl methyl sites for hydroxylation is 1. The van der Waals surface area contributed by atoms with Crippen LogP contribution in [0.3, 0.4) is 0 Å². The van der Waals surface area contributed by atoms with Gasteiger partial charge in [-0.3, -0.25) is 14.8 Å². The Labute approximate surface area is 193 Å². The molecule has 3 aliphatic rings. The number of aromatic nitrogens is 3. The highest BCUT2D eigenvalue weighted by atomic mass is 19.4. The summed E-state index contributed by atoms with van der Waals surface area (Å²) < 4.78 is 44.5. The number of alkyl halides is 3. The maximum atomic E-state index is 13.7.